The van der Waals surface area contributed by atoms with Gasteiger partial charge in [-0.2, -0.15) is 0 Å². The molecule has 0 aliphatic rings. The standard InChI is InChI=1S/C16H28N2O2/c1-4-6-7-8-9-10-15-17(5-2)11-12-18(15)13-14(3)16(19)20/h11-12,14H,4-10,13H2,1-3H3. The van der Waals surface area contributed by atoms with Crippen molar-refractivity contribution in [3.63, 3.8) is 0 Å². The number of aliphatic carboxylic acids is 1. The Morgan fingerprint density at radius 2 is 2.00 bits per heavy atom. The second kappa shape index (κ2) is 8.77. The van der Waals surface area contributed by atoms with Gasteiger partial charge in [-0.25, -0.2) is 9.13 Å². The quantitative estimate of drug-likeness (QED) is 0.484. The number of carbonyl (C=O) groups is 1. The first kappa shape index (κ1) is 16.7. The summed E-state index contributed by atoms with van der Waals surface area (Å²) in [5.41, 5.74) is 0. The average Bonchev–Trinajstić information content (AvgIpc) is 2.80. The Bertz CT molecular complexity index is 413. The highest BCUT2D eigenvalue weighted by Crippen LogP contribution is 2.08. The molecule has 0 amide bonds. The summed E-state index contributed by atoms with van der Waals surface area (Å²) in [6.07, 6.45) is 11.3. The number of carboxylic acids is 1. The zero-order chi connectivity index (χ0) is 15.0. The zero-order valence-corrected chi connectivity index (χ0v) is 13.1. The Morgan fingerprint density at radius 3 is 2.60 bits per heavy atom. The number of nitrogens with zero attached hydrogens (tertiary/aromatic N) is 2. The van der Waals surface area contributed by atoms with Gasteiger partial charge in [-0.15, -0.1) is 0 Å². The first-order valence-corrected chi connectivity index (χ1v) is 7.88. The molecule has 0 saturated carbocycles. The molecule has 1 aromatic rings. The molecule has 0 aliphatic carbocycles. The fraction of sp³-hybridized carbons (Fsp3) is 0.750. The van der Waals surface area contributed by atoms with Crippen LogP contribution in [0.3, 0.4) is 0 Å². The second-order valence-electron chi connectivity index (χ2n) is 5.54. The number of hydrogen-bond acceptors (Lipinski definition) is 2. The van der Waals surface area contributed by atoms with Gasteiger partial charge in [0.05, 0.1) is 13.1 Å². The third-order valence-corrected chi connectivity index (χ3v) is 3.81. The van der Waals surface area contributed by atoms with E-state index in [1.165, 1.54) is 37.9 Å². The van der Waals surface area contributed by atoms with Gasteiger partial charge in [0.25, 0.3) is 5.82 Å². The summed E-state index contributed by atoms with van der Waals surface area (Å²) in [5, 5.41) is 10.9. The smallest absolute Gasteiger partial charge is 0.256 e. The van der Waals surface area contributed by atoms with Gasteiger partial charge in [0.15, 0.2) is 0 Å². The maximum atomic E-state index is 10.9. The van der Waals surface area contributed by atoms with Gasteiger partial charge in [-0.1, -0.05) is 39.5 Å². The molecule has 114 valence electrons. The van der Waals surface area contributed by atoms with Crippen LogP contribution in [-0.4, -0.2) is 10.5 Å². The van der Waals surface area contributed by atoms with E-state index in [4.69, 9.17) is 0 Å². The molecule has 1 atom stereocenters. The van der Waals surface area contributed by atoms with E-state index in [0.29, 0.717) is 6.54 Å². The maximum absolute atomic E-state index is 10.9. The van der Waals surface area contributed by atoms with E-state index in [1.807, 2.05) is 12.4 Å². The number of unbranched alkanes of at least 4 members (excludes halogenated alkanes) is 4. The Labute approximate surface area is 122 Å². The number of aryl methyl sites for hydroxylation is 1. The molecule has 0 spiro atoms. The van der Waals surface area contributed by atoms with Crippen molar-refractivity contribution < 1.29 is 14.5 Å². The van der Waals surface area contributed by atoms with Crippen LogP contribution in [0.25, 0.3) is 0 Å². The number of imidazole rings is 1. The normalized spacial score (nSPS) is 12.6. The van der Waals surface area contributed by atoms with Crippen molar-refractivity contribution >= 4 is 5.97 Å². The van der Waals surface area contributed by atoms with E-state index in [0.717, 1.165) is 13.0 Å². The predicted molar refractivity (Wildman–Crippen MR) is 76.9 cm³/mol. The number of hydrogen-bond donors (Lipinski definition) is 0. The van der Waals surface area contributed by atoms with Crippen LogP contribution >= 0.6 is 0 Å². The first-order chi connectivity index (χ1) is 9.60. The summed E-state index contributed by atoms with van der Waals surface area (Å²) in [6.45, 7) is 7.47. The van der Waals surface area contributed by atoms with Crippen molar-refractivity contribution in [2.24, 2.45) is 5.92 Å². The third kappa shape index (κ3) is 4.99. The minimum atomic E-state index is -0.976. The number of carboxylic acid groups (broad SMARTS) is 1. The van der Waals surface area contributed by atoms with Crippen LogP contribution in [0.2, 0.25) is 0 Å². The van der Waals surface area contributed by atoms with Crippen LogP contribution in [0.5, 0.6) is 0 Å². The van der Waals surface area contributed by atoms with Crippen LogP contribution < -0.4 is 9.67 Å². The molecule has 0 N–H and O–H groups in total. The molecule has 0 bridgehead atoms. The van der Waals surface area contributed by atoms with Gasteiger partial charge in [-0.05, 0) is 13.3 Å². The zero-order valence-electron chi connectivity index (χ0n) is 13.1. The van der Waals surface area contributed by atoms with E-state index >= 15 is 0 Å². The summed E-state index contributed by atoms with van der Waals surface area (Å²) in [6, 6.07) is 0. The van der Waals surface area contributed by atoms with Crippen molar-refractivity contribution in [2.75, 3.05) is 0 Å². The van der Waals surface area contributed by atoms with Gasteiger partial charge < -0.3 is 9.90 Å². The summed E-state index contributed by atoms with van der Waals surface area (Å²) < 4.78 is 4.28. The molecular weight excluding hydrogens is 252 g/mol. The van der Waals surface area contributed by atoms with E-state index in [9.17, 15) is 9.90 Å². The molecule has 4 nitrogen and oxygen atoms in total. The summed E-state index contributed by atoms with van der Waals surface area (Å²) in [5.74, 6) is -0.195. The molecule has 0 radical (unpaired) electrons. The second-order valence-corrected chi connectivity index (χ2v) is 5.54. The Balaban J connectivity index is 2.61. The molecule has 1 aromatic heterocycles. The first-order valence-electron chi connectivity index (χ1n) is 7.88. The minimum absolute atomic E-state index is 0.452. The third-order valence-electron chi connectivity index (χ3n) is 3.81. The fourth-order valence-electron chi connectivity index (χ4n) is 2.50. The molecule has 1 unspecified atom stereocenters. The Kier molecular flexibility index (Phi) is 7.34. The maximum Gasteiger partial charge on any atom is 0.256 e. The minimum Gasteiger partial charge on any atom is -0.550 e. The van der Waals surface area contributed by atoms with Crippen molar-refractivity contribution in [3.8, 4) is 0 Å². The summed E-state index contributed by atoms with van der Waals surface area (Å²) in [4.78, 5) is 10.9. The van der Waals surface area contributed by atoms with Crippen molar-refractivity contribution in [3.05, 3.63) is 18.2 Å². The molecule has 20 heavy (non-hydrogen) atoms. The lowest BCUT2D eigenvalue weighted by molar-refractivity contribution is -0.708. The van der Waals surface area contributed by atoms with E-state index in [-0.39, 0.29) is 0 Å². The van der Waals surface area contributed by atoms with Crippen LogP contribution in [0.4, 0.5) is 0 Å². The van der Waals surface area contributed by atoms with Gasteiger partial charge in [0, 0.05) is 18.3 Å². The molecule has 4 heteroatoms. The monoisotopic (exact) mass is 280 g/mol. The largest absolute Gasteiger partial charge is 0.550 e. The molecule has 0 fully saturated rings. The molecule has 0 saturated heterocycles. The lowest BCUT2D eigenvalue weighted by Gasteiger charge is -2.11. The van der Waals surface area contributed by atoms with Crippen LogP contribution in [0, 0.1) is 5.92 Å². The van der Waals surface area contributed by atoms with E-state index < -0.39 is 11.9 Å². The number of aromatic nitrogens is 2. The number of rotatable bonds is 10. The SMILES string of the molecule is CCCCCCCc1n(CC)cc[n+]1CC(C)C(=O)[O-]. The summed E-state index contributed by atoms with van der Waals surface area (Å²) in [7, 11) is 0. The fourth-order valence-corrected chi connectivity index (χ4v) is 2.50. The Morgan fingerprint density at radius 1 is 1.30 bits per heavy atom. The lowest BCUT2D eigenvalue weighted by atomic mass is 10.1. The predicted octanol–water partition coefficient (Wildman–Crippen LogP) is 1.69. The number of carbonyl (C=O) groups excluding carboxylic acids is 1. The van der Waals surface area contributed by atoms with Crippen LogP contribution in [-0.2, 0) is 24.3 Å². The Hall–Kier alpha value is -1.32. The van der Waals surface area contributed by atoms with E-state index in [2.05, 4.69) is 23.0 Å². The highest BCUT2D eigenvalue weighted by atomic mass is 16.4. The van der Waals surface area contributed by atoms with Gasteiger partial charge in [0.2, 0.25) is 0 Å². The highest BCUT2D eigenvalue weighted by Gasteiger charge is 2.18. The van der Waals surface area contributed by atoms with Crippen molar-refractivity contribution in [1.82, 2.24) is 4.57 Å². The average molecular weight is 280 g/mol. The van der Waals surface area contributed by atoms with Gasteiger partial charge in [0.1, 0.15) is 12.4 Å². The van der Waals surface area contributed by atoms with Gasteiger partial charge in [-0.3, -0.25) is 0 Å². The van der Waals surface area contributed by atoms with Crippen molar-refractivity contribution in [2.45, 2.75) is 72.4 Å². The summed E-state index contributed by atoms with van der Waals surface area (Å²) >= 11 is 0. The molecule has 1 rings (SSSR count). The van der Waals surface area contributed by atoms with E-state index in [1.54, 1.807) is 6.92 Å². The molecule has 1 heterocycles. The topological polar surface area (TPSA) is 48.9 Å². The lowest BCUT2D eigenvalue weighted by Crippen LogP contribution is -2.45. The van der Waals surface area contributed by atoms with Crippen LogP contribution in [0.1, 0.15) is 58.7 Å². The van der Waals surface area contributed by atoms with Crippen LogP contribution in [0.15, 0.2) is 12.4 Å². The molecule has 0 aliphatic heterocycles. The van der Waals surface area contributed by atoms with Crippen molar-refractivity contribution in [1.29, 1.82) is 0 Å². The highest BCUT2D eigenvalue weighted by molar-refractivity contribution is 5.66. The molecule has 0 aromatic carbocycles. The van der Waals surface area contributed by atoms with Gasteiger partial charge >= 0.3 is 0 Å². The molecular formula is C16H28N2O2.